The highest BCUT2D eigenvalue weighted by Crippen LogP contribution is 2.16. The Morgan fingerprint density at radius 1 is 1.03 bits per heavy atom. The molecule has 1 amide bonds. The van der Waals surface area contributed by atoms with Crippen molar-refractivity contribution < 1.29 is 4.79 Å². The molecule has 1 aromatic carbocycles. The molecule has 0 spiro atoms. The topological polar surface area (TPSA) is 111 Å². The predicted molar refractivity (Wildman–Crippen MR) is 116 cm³/mol. The summed E-state index contributed by atoms with van der Waals surface area (Å²) in [7, 11) is 1.89. The van der Waals surface area contributed by atoms with Crippen molar-refractivity contribution in [2.45, 2.75) is 20.0 Å². The smallest absolute Gasteiger partial charge is 0.251 e. The first-order chi connectivity index (χ1) is 15.1. The van der Waals surface area contributed by atoms with E-state index in [1.807, 2.05) is 48.9 Å². The number of hydrogen-bond donors (Lipinski definition) is 2. The van der Waals surface area contributed by atoms with Crippen LogP contribution in [-0.2, 0) is 20.1 Å². The first-order valence-corrected chi connectivity index (χ1v) is 9.78. The minimum Gasteiger partial charge on any atom is -0.378 e. The number of benzene rings is 1. The summed E-state index contributed by atoms with van der Waals surface area (Å²) in [6.07, 6.45) is 4.89. The Morgan fingerprint density at radius 2 is 1.94 bits per heavy atom. The number of hydrogen-bond acceptors (Lipinski definition) is 7. The molecule has 4 aromatic rings. The van der Waals surface area contributed by atoms with E-state index in [9.17, 15) is 4.79 Å². The zero-order chi connectivity index (χ0) is 21.6. The number of amides is 1. The predicted octanol–water partition coefficient (Wildman–Crippen LogP) is 2.52. The van der Waals surface area contributed by atoms with E-state index in [4.69, 9.17) is 0 Å². The summed E-state index contributed by atoms with van der Waals surface area (Å²) >= 11 is 0. The summed E-state index contributed by atoms with van der Waals surface area (Å²) in [5.41, 5.74) is 4.04. The molecular weight excluding hydrogens is 392 g/mol. The zero-order valence-corrected chi connectivity index (χ0v) is 17.3. The summed E-state index contributed by atoms with van der Waals surface area (Å²) in [4.78, 5) is 24.9. The van der Waals surface area contributed by atoms with Crippen LogP contribution >= 0.6 is 0 Å². The monoisotopic (exact) mass is 414 g/mol. The average molecular weight is 414 g/mol. The number of carbonyl (C=O) groups is 1. The van der Waals surface area contributed by atoms with Crippen LogP contribution in [0.15, 0.2) is 61.2 Å². The molecule has 0 bridgehead atoms. The molecule has 3 aromatic heterocycles. The number of rotatable bonds is 7. The molecule has 0 aliphatic heterocycles. The van der Waals surface area contributed by atoms with Gasteiger partial charge in [0.15, 0.2) is 11.6 Å². The zero-order valence-electron chi connectivity index (χ0n) is 17.3. The van der Waals surface area contributed by atoms with Gasteiger partial charge in [-0.15, -0.1) is 10.2 Å². The number of aromatic nitrogens is 6. The number of anilines is 1. The quantitative estimate of drug-likeness (QED) is 0.478. The fraction of sp³-hybridized carbons (Fsp3) is 0.182. The SMILES string of the molecule is Cc1cc(CNC(=O)c2cccc(NCc3nnc(-c4ccncn4)n3C)c2)ccn1. The molecule has 0 aliphatic carbocycles. The molecule has 31 heavy (non-hydrogen) atoms. The van der Waals surface area contributed by atoms with E-state index < -0.39 is 0 Å². The highest BCUT2D eigenvalue weighted by Gasteiger charge is 2.12. The van der Waals surface area contributed by atoms with Gasteiger partial charge in [-0.2, -0.15) is 0 Å². The molecule has 4 rings (SSSR count). The summed E-state index contributed by atoms with van der Waals surface area (Å²) in [6, 6.07) is 13.0. The Bertz CT molecular complexity index is 1190. The van der Waals surface area contributed by atoms with Crippen LogP contribution in [0.4, 0.5) is 5.69 Å². The highest BCUT2D eigenvalue weighted by molar-refractivity contribution is 5.95. The van der Waals surface area contributed by atoms with Crippen LogP contribution in [0.1, 0.15) is 27.4 Å². The Labute approximate surface area is 179 Å². The van der Waals surface area contributed by atoms with E-state index in [2.05, 4.69) is 35.8 Å². The second-order valence-electron chi connectivity index (χ2n) is 7.02. The van der Waals surface area contributed by atoms with Crippen molar-refractivity contribution in [1.82, 2.24) is 35.0 Å². The number of carbonyl (C=O) groups excluding carboxylic acids is 1. The molecule has 3 heterocycles. The van der Waals surface area contributed by atoms with Crippen molar-refractivity contribution in [1.29, 1.82) is 0 Å². The molecule has 2 N–H and O–H groups in total. The van der Waals surface area contributed by atoms with E-state index in [1.165, 1.54) is 6.33 Å². The molecule has 0 fully saturated rings. The summed E-state index contributed by atoms with van der Waals surface area (Å²) in [5, 5.41) is 14.7. The lowest BCUT2D eigenvalue weighted by Gasteiger charge is -2.09. The van der Waals surface area contributed by atoms with Crippen molar-refractivity contribution in [3.05, 3.63) is 83.8 Å². The minimum absolute atomic E-state index is 0.136. The van der Waals surface area contributed by atoms with Crippen LogP contribution in [0.3, 0.4) is 0 Å². The van der Waals surface area contributed by atoms with E-state index in [0.717, 1.165) is 22.8 Å². The van der Waals surface area contributed by atoms with E-state index in [-0.39, 0.29) is 5.91 Å². The Balaban J connectivity index is 1.39. The Kier molecular flexibility index (Phi) is 5.93. The fourth-order valence-corrected chi connectivity index (χ4v) is 3.11. The van der Waals surface area contributed by atoms with Crippen LogP contribution in [0.25, 0.3) is 11.5 Å². The van der Waals surface area contributed by atoms with Gasteiger partial charge in [0.05, 0.1) is 6.54 Å². The second kappa shape index (κ2) is 9.12. The lowest BCUT2D eigenvalue weighted by Crippen LogP contribution is -2.23. The van der Waals surface area contributed by atoms with Gasteiger partial charge in [-0.3, -0.25) is 9.78 Å². The van der Waals surface area contributed by atoms with Gasteiger partial charge < -0.3 is 15.2 Å². The van der Waals surface area contributed by atoms with Gasteiger partial charge >= 0.3 is 0 Å². The molecule has 0 unspecified atom stereocenters. The third kappa shape index (κ3) is 4.89. The minimum atomic E-state index is -0.136. The summed E-state index contributed by atoms with van der Waals surface area (Å²) in [5.74, 6) is 1.28. The van der Waals surface area contributed by atoms with Crippen molar-refractivity contribution >= 4 is 11.6 Å². The molecule has 0 saturated carbocycles. The van der Waals surface area contributed by atoms with E-state index in [1.54, 1.807) is 24.5 Å². The number of aryl methyl sites for hydroxylation is 1. The maximum Gasteiger partial charge on any atom is 0.251 e. The van der Waals surface area contributed by atoms with Crippen molar-refractivity contribution in [2.75, 3.05) is 5.32 Å². The van der Waals surface area contributed by atoms with Gasteiger partial charge in [-0.1, -0.05) is 6.07 Å². The fourth-order valence-electron chi connectivity index (χ4n) is 3.11. The molecule has 0 atom stereocenters. The molecule has 0 saturated heterocycles. The Morgan fingerprint density at radius 3 is 2.74 bits per heavy atom. The summed E-state index contributed by atoms with van der Waals surface area (Å²) < 4.78 is 1.88. The average Bonchev–Trinajstić information content (AvgIpc) is 3.17. The third-order valence-electron chi connectivity index (χ3n) is 4.77. The van der Waals surface area contributed by atoms with Crippen molar-refractivity contribution in [3.63, 3.8) is 0 Å². The molecule has 9 heteroatoms. The van der Waals surface area contributed by atoms with Crippen LogP contribution in [0, 0.1) is 6.92 Å². The second-order valence-corrected chi connectivity index (χ2v) is 7.02. The van der Waals surface area contributed by atoms with E-state index in [0.29, 0.717) is 30.2 Å². The van der Waals surface area contributed by atoms with Crippen LogP contribution in [0.2, 0.25) is 0 Å². The molecule has 156 valence electrons. The first-order valence-electron chi connectivity index (χ1n) is 9.78. The lowest BCUT2D eigenvalue weighted by atomic mass is 10.1. The number of nitrogens with one attached hydrogen (secondary N) is 2. The van der Waals surface area contributed by atoms with Gasteiger partial charge in [0.25, 0.3) is 5.91 Å². The first kappa shape index (κ1) is 20.1. The Hall–Kier alpha value is -4.14. The van der Waals surface area contributed by atoms with Gasteiger partial charge in [0, 0.05) is 42.9 Å². The standard InChI is InChI=1S/C22H22N8O/c1-15-10-16(6-9-24-15)12-26-22(31)17-4-3-5-18(11-17)25-13-20-28-29-21(30(20)2)19-7-8-23-14-27-19/h3-11,14,25H,12-13H2,1-2H3,(H,26,31). The molecule has 0 aliphatic rings. The molecular formula is C22H22N8O. The summed E-state index contributed by atoms with van der Waals surface area (Å²) in [6.45, 7) is 2.83. The van der Waals surface area contributed by atoms with E-state index >= 15 is 0 Å². The van der Waals surface area contributed by atoms with Gasteiger partial charge in [-0.05, 0) is 48.9 Å². The van der Waals surface area contributed by atoms with Crippen LogP contribution < -0.4 is 10.6 Å². The lowest BCUT2D eigenvalue weighted by molar-refractivity contribution is 0.0951. The van der Waals surface area contributed by atoms with Gasteiger partial charge in [0.1, 0.15) is 12.0 Å². The van der Waals surface area contributed by atoms with Crippen LogP contribution in [0.5, 0.6) is 0 Å². The van der Waals surface area contributed by atoms with Crippen molar-refractivity contribution in [2.24, 2.45) is 7.05 Å². The normalized spacial score (nSPS) is 10.6. The molecule has 9 nitrogen and oxygen atoms in total. The molecule has 0 radical (unpaired) electrons. The maximum absolute atomic E-state index is 12.6. The van der Waals surface area contributed by atoms with Crippen molar-refractivity contribution in [3.8, 4) is 11.5 Å². The number of nitrogens with zero attached hydrogens (tertiary/aromatic N) is 6. The van der Waals surface area contributed by atoms with Gasteiger partial charge in [-0.25, -0.2) is 9.97 Å². The van der Waals surface area contributed by atoms with Gasteiger partial charge in [0.2, 0.25) is 0 Å². The van der Waals surface area contributed by atoms with Crippen LogP contribution in [-0.4, -0.2) is 35.6 Å². The highest BCUT2D eigenvalue weighted by atomic mass is 16.1. The maximum atomic E-state index is 12.6. The number of pyridine rings is 1. The third-order valence-corrected chi connectivity index (χ3v) is 4.77. The largest absolute Gasteiger partial charge is 0.378 e.